The summed E-state index contributed by atoms with van der Waals surface area (Å²) in [6.07, 6.45) is 5.11. The van der Waals surface area contributed by atoms with Crippen molar-refractivity contribution in [1.29, 1.82) is 0 Å². The van der Waals surface area contributed by atoms with Crippen LogP contribution in [0.3, 0.4) is 0 Å². The number of rotatable bonds is 2. The van der Waals surface area contributed by atoms with E-state index in [4.69, 9.17) is 4.74 Å². The largest absolute Gasteiger partial charge is 0.488 e. The maximum Gasteiger partial charge on any atom is 0.138 e. The first-order chi connectivity index (χ1) is 7.76. The second-order valence-electron chi connectivity index (χ2n) is 4.80. The highest BCUT2D eigenvalue weighted by Gasteiger charge is 2.48. The first-order valence-electron chi connectivity index (χ1n) is 5.65. The molecule has 2 aliphatic rings. The number of likely N-dealkylation sites (tertiary alicyclic amines) is 1. The van der Waals surface area contributed by atoms with Crippen LogP contribution in [0.5, 0.6) is 5.75 Å². The maximum atomic E-state index is 5.94. The summed E-state index contributed by atoms with van der Waals surface area (Å²) in [5.74, 6) is 2.01. The summed E-state index contributed by atoms with van der Waals surface area (Å²) in [4.78, 5) is 6.44. The molecule has 3 heterocycles. The van der Waals surface area contributed by atoms with Crippen molar-refractivity contribution in [3.63, 3.8) is 0 Å². The van der Waals surface area contributed by atoms with Gasteiger partial charge in [-0.15, -0.1) is 11.8 Å². The van der Waals surface area contributed by atoms with Crippen molar-refractivity contribution < 1.29 is 4.74 Å². The van der Waals surface area contributed by atoms with Gasteiger partial charge < -0.3 is 9.64 Å². The molecule has 0 saturated carbocycles. The van der Waals surface area contributed by atoms with Gasteiger partial charge in [0.1, 0.15) is 11.9 Å². The van der Waals surface area contributed by atoms with E-state index in [0.717, 1.165) is 11.5 Å². The molecule has 0 unspecified atom stereocenters. The Hall–Kier alpha value is -0.740. The Bertz CT molecular complexity index is 365. The van der Waals surface area contributed by atoms with E-state index in [0.29, 0.717) is 10.9 Å². The van der Waals surface area contributed by atoms with Crippen LogP contribution in [0, 0.1) is 0 Å². The third-order valence-corrected chi connectivity index (χ3v) is 4.80. The standard InChI is InChI=1S/C12H16N2OS/c1-14-8-12(9-14)5-11(7-16-12)15-10-3-2-4-13-6-10/h2-4,6,11H,5,7-9H2,1H3/t11-/m1/s1. The Labute approximate surface area is 100 Å². The summed E-state index contributed by atoms with van der Waals surface area (Å²) < 4.78 is 6.43. The topological polar surface area (TPSA) is 25.4 Å². The van der Waals surface area contributed by atoms with Gasteiger partial charge in [-0.25, -0.2) is 0 Å². The lowest BCUT2D eigenvalue weighted by atomic mass is 9.94. The molecule has 1 spiro atoms. The van der Waals surface area contributed by atoms with Gasteiger partial charge in [0, 0.05) is 36.2 Å². The fourth-order valence-electron chi connectivity index (χ4n) is 2.65. The molecule has 0 amide bonds. The highest BCUT2D eigenvalue weighted by molar-refractivity contribution is 8.01. The molecule has 2 fully saturated rings. The molecule has 0 radical (unpaired) electrons. The summed E-state index contributed by atoms with van der Waals surface area (Å²) in [7, 11) is 2.18. The van der Waals surface area contributed by atoms with E-state index in [1.54, 1.807) is 12.4 Å². The average Bonchev–Trinajstić information content (AvgIpc) is 2.63. The summed E-state index contributed by atoms with van der Waals surface area (Å²) in [5, 5.41) is 0. The van der Waals surface area contributed by atoms with Crippen LogP contribution in [0.4, 0.5) is 0 Å². The van der Waals surface area contributed by atoms with Crippen LogP contribution in [-0.2, 0) is 0 Å². The minimum atomic E-state index is 0.364. The third-order valence-electron chi connectivity index (χ3n) is 3.23. The zero-order valence-corrected chi connectivity index (χ0v) is 10.2. The zero-order valence-electron chi connectivity index (χ0n) is 9.43. The fraction of sp³-hybridized carbons (Fsp3) is 0.583. The van der Waals surface area contributed by atoms with Gasteiger partial charge in [0.2, 0.25) is 0 Å². The van der Waals surface area contributed by atoms with E-state index in [9.17, 15) is 0 Å². The number of nitrogens with zero attached hydrogens (tertiary/aromatic N) is 2. The lowest BCUT2D eigenvalue weighted by molar-refractivity contribution is 0.123. The minimum absolute atomic E-state index is 0.364. The molecule has 0 N–H and O–H groups in total. The van der Waals surface area contributed by atoms with Gasteiger partial charge in [-0.3, -0.25) is 4.98 Å². The molecule has 16 heavy (non-hydrogen) atoms. The van der Waals surface area contributed by atoms with E-state index < -0.39 is 0 Å². The SMILES string of the molecule is CN1CC2(C[C@@H](Oc3cccnc3)CS2)C1. The van der Waals surface area contributed by atoms with Gasteiger partial charge in [0.15, 0.2) is 0 Å². The van der Waals surface area contributed by atoms with E-state index in [-0.39, 0.29) is 0 Å². The fourth-order valence-corrected chi connectivity index (χ4v) is 4.30. The molecule has 4 heteroatoms. The number of pyridine rings is 1. The van der Waals surface area contributed by atoms with Crippen LogP contribution in [0.2, 0.25) is 0 Å². The monoisotopic (exact) mass is 236 g/mol. The van der Waals surface area contributed by atoms with Crippen molar-refractivity contribution in [3.05, 3.63) is 24.5 Å². The van der Waals surface area contributed by atoms with Crippen LogP contribution in [0.25, 0.3) is 0 Å². The first-order valence-corrected chi connectivity index (χ1v) is 6.64. The van der Waals surface area contributed by atoms with E-state index >= 15 is 0 Å². The molecule has 1 aromatic rings. The molecule has 3 nitrogen and oxygen atoms in total. The Morgan fingerprint density at radius 2 is 2.44 bits per heavy atom. The van der Waals surface area contributed by atoms with E-state index in [2.05, 4.69) is 28.7 Å². The molecule has 3 rings (SSSR count). The predicted molar refractivity (Wildman–Crippen MR) is 66.0 cm³/mol. The highest BCUT2D eigenvalue weighted by atomic mass is 32.2. The number of ether oxygens (including phenoxy) is 1. The predicted octanol–water partition coefficient (Wildman–Crippen LogP) is 1.65. The van der Waals surface area contributed by atoms with Gasteiger partial charge in [-0.2, -0.15) is 0 Å². The Kier molecular flexibility index (Phi) is 2.56. The van der Waals surface area contributed by atoms with Crippen molar-refractivity contribution in [2.75, 3.05) is 25.9 Å². The quantitative estimate of drug-likeness (QED) is 0.779. The normalized spacial score (nSPS) is 27.9. The lowest BCUT2D eigenvalue weighted by Crippen LogP contribution is -2.56. The second-order valence-corrected chi connectivity index (χ2v) is 6.29. The number of aromatic nitrogens is 1. The smallest absolute Gasteiger partial charge is 0.138 e. The molecule has 86 valence electrons. The van der Waals surface area contributed by atoms with E-state index in [1.165, 1.54) is 19.5 Å². The number of hydrogen-bond acceptors (Lipinski definition) is 4. The second kappa shape index (κ2) is 3.93. The van der Waals surface area contributed by atoms with Crippen LogP contribution < -0.4 is 4.74 Å². The Morgan fingerprint density at radius 1 is 1.56 bits per heavy atom. The third kappa shape index (κ3) is 1.92. The summed E-state index contributed by atoms with van der Waals surface area (Å²) in [6.45, 7) is 2.43. The molecule has 0 aliphatic carbocycles. The van der Waals surface area contributed by atoms with Gasteiger partial charge in [-0.05, 0) is 19.2 Å². The van der Waals surface area contributed by atoms with Crippen LogP contribution in [-0.4, -0.2) is 46.6 Å². The summed E-state index contributed by atoms with van der Waals surface area (Å²) in [5.41, 5.74) is 0. The van der Waals surface area contributed by atoms with Crippen molar-refractivity contribution in [3.8, 4) is 5.75 Å². The van der Waals surface area contributed by atoms with Gasteiger partial charge >= 0.3 is 0 Å². The first kappa shape index (κ1) is 10.4. The van der Waals surface area contributed by atoms with Crippen molar-refractivity contribution in [2.45, 2.75) is 17.3 Å². The van der Waals surface area contributed by atoms with Gasteiger partial charge in [0.05, 0.1) is 6.20 Å². The molecule has 2 aliphatic heterocycles. The molecular weight excluding hydrogens is 220 g/mol. The van der Waals surface area contributed by atoms with Crippen molar-refractivity contribution >= 4 is 11.8 Å². The summed E-state index contributed by atoms with van der Waals surface area (Å²) in [6, 6.07) is 3.90. The Morgan fingerprint density at radius 3 is 3.12 bits per heavy atom. The van der Waals surface area contributed by atoms with Gasteiger partial charge in [-0.1, -0.05) is 0 Å². The summed E-state index contributed by atoms with van der Waals surface area (Å²) >= 11 is 2.08. The highest BCUT2D eigenvalue weighted by Crippen LogP contribution is 2.45. The lowest BCUT2D eigenvalue weighted by Gasteiger charge is -2.45. The maximum absolute atomic E-state index is 5.94. The molecule has 0 bridgehead atoms. The molecule has 0 aromatic carbocycles. The molecule has 1 aromatic heterocycles. The van der Waals surface area contributed by atoms with E-state index in [1.807, 2.05) is 12.1 Å². The van der Waals surface area contributed by atoms with Crippen LogP contribution in [0.15, 0.2) is 24.5 Å². The zero-order chi connectivity index (χ0) is 11.0. The van der Waals surface area contributed by atoms with Crippen molar-refractivity contribution in [2.24, 2.45) is 0 Å². The minimum Gasteiger partial charge on any atom is -0.488 e. The Balaban J connectivity index is 1.59. The molecule has 1 atom stereocenters. The van der Waals surface area contributed by atoms with Crippen molar-refractivity contribution in [1.82, 2.24) is 9.88 Å². The molecular formula is C12H16N2OS. The number of thioether (sulfide) groups is 1. The van der Waals surface area contributed by atoms with Crippen LogP contribution in [0.1, 0.15) is 6.42 Å². The number of hydrogen-bond donors (Lipinski definition) is 0. The van der Waals surface area contributed by atoms with Crippen LogP contribution >= 0.6 is 11.8 Å². The average molecular weight is 236 g/mol. The van der Waals surface area contributed by atoms with Gasteiger partial charge in [0.25, 0.3) is 0 Å². The molecule has 2 saturated heterocycles.